The molecule has 1 atom stereocenters. The molecule has 0 heterocycles. The second-order valence-electron chi connectivity index (χ2n) is 6.12. The maximum atomic E-state index is 5.84. The van der Waals surface area contributed by atoms with E-state index in [1.54, 1.807) is 0 Å². The van der Waals surface area contributed by atoms with Gasteiger partial charge in [0, 0.05) is 5.69 Å². The van der Waals surface area contributed by atoms with Crippen LogP contribution >= 0.6 is 0 Å². The van der Waals surface area contributed by atoms with E-state index in [2.05, 4.69) is 32.9 Å². The molecule has 0 radical (unpaired) electrons. The molecule has 0 spiro atoms. The molecule has 0 bridgehead atoms. The molecule has 1 unspecified atom stereocenters. The predicted molar refractivity (Wildman–Crippen MR) is 70.4 cm³/mol. The molecule has 1 aliphatic rings. The maximum Gasteiger partial charge on any atom is 0.0316 e. The zero-order valence-corrected chi connectivity index (χ0v) is 10.7. The topological polar surface area (TPSA) is 26.0 Å². The predicted octanol–water partition coefficient (Wildman–Crippen LogP) is 3.81. The summed E-state index contributed by atoms with van der Waals surface area (Å²) in [5.74, 6) is 0.811. The molecule has 0 saturated heterocycles. The average Bonchev–Trinajstić information content (AvgIpc) is 2.51. The Morgan fingerprint density at radius 3 is 2.62 bits per heavy atom. The molecular formula is C15H23N. The summed E-state index contributed by atoms with van der Waals surface area (Å²) in [6.07, 6.45) is 5.11. The number of benzene rings is 1. The van der Waals surface area contributed by atoms with E-state index in [9.17, 15) is 0 Å². The van der Waals surface area contributed by atoms with Gasteiger partial charge < -0.3 is 5.73 Å². The smallest absolute Gasteiger partial charge is 0.0316 e. The van der Waals surface area contributed by atoms with E-state index in [0.29, 0.717) is 5.41 Å². The summed E-state index contributed by atoms with van der Waals surface area (Å²) in [5.41, 5.74) is 10.2. The van der Waals surface area contributed by atoms with E-state index >= 15 is 0 Å². The van der Waals surface area contributed by atoms with Crippen LogP contribution in [0.1, 0.15) is 44.7 Å². The van der Waals surface area contributed by atoms with E-state index in [0.717, 1.165) is 11.6 Å². The highest BCUT2D eigenvalue weighted by molar-refractivity contribution is 5.47. The molecule has 16 heavy (non-hydrogen) atoms. The number of rotatable bonds is 3. The van der Waals surface area contributed by atoms with Gasteiger partial charge in [0.15, 0.2) is 0 Å². The first-order chi connectivity index (χ1) is 7.48. The third-order valence-corrected chi connectivity index (χ3v) is 3.79. The van der Waals surface area contributed by atoms with Gasteiger partial charge in [-0.1, -0.05) is 33.3 Å². The number of hydrogen-bond acceptors (Lipinski definition) is 1. The summed E-state index contributed by atoms with van der Waals surface area (Å²) in [4.78, 5) is 0. The van der Waals surface area contributed by atoms with Crippen molar-refractivity contribution < 1.29 is 0 Å². The van der Waals surface area contributed by atoms with Crippen LogP contribution < -0.4 is 5.73 Å². The van der Waals surface area contributed by atoms with E-state index in [1.807, 2.05) is 6.07 Å². The largest absolute Gasteiger partial charge is 0.399 e. The molecule has 1 aliphatic carbocycles. The molecule has 1 heteroatoms. The first-order valence-electron chi connectivity index (χ1n) is 6.36. The van der Waals surface area contributed by atoms with Gasteiger partial charge in [-0.25, -0.2) is 0 Å². The van der Waals surface area contributed by atoms with Crippen molar-refractivity contribution in [2.45, 2.75) is 46.5 Å². The zero-order chi connectivity index (χ0) is 11.8. The fourth-order valence-corrected chi connectivity index (χ4v) is 2.78. The van der Waals surface area contributed by atoms with Crippen LogP contribution in [0, 0.1) is 11.3 Å². The van der Waals surface area contributed by atoms with Crippen molar-refractivity contribution in [3.05, 3.63) is 29.3 Å². The van der Waals surface area contributed by atoms with Crippen LogP contribution in [0.4, 0.5) is 5.69 Å². The Hall–Kier alpha value is -0.980. The summed E-state index contributed by atoms with van der Waals surface area (Å²) < 4.78 is 0. The number of nitrogen functional groups attached to an aromatic ring is 1. The quantitative estimate of drug-likeness (QED) is 0.765. The molecule has 0 fully saturated rings. The van der Waals surface area contributed by atoms with Gasteiger partial charge in [-0.15, -0.1) is 0 Å². The van der Waals surface area contributed by atoms with Crippen molar-refractivity contribution in [3.63, 3.8) is 0 Å². The highest BCUT2D eigenvalue weighted by Crippen LogP contribution is 2.41. The molecule has 0 aliphatic heterocycles. The molecule has 1 aromatic rings. The van der Waals surface area contributed by atoms with Crippen LogP contribution in [0.2, 0.25) is 0 Å². The minimum atomic E-state index is 0.473. The molecule has 0 saturated carbocycles. The minimum absolute atomic E-state index is 0.473. The van der Waals surface area contributed by atoms with Crippen LogP contribution in [0.25, 0.3) is 0 Å². The van der Waals surface area contributed by atoms with E-state index in [1.165, 1.54) is 36.8 Å². The highest BCUT2D eigenvalue weighted by atomic mass is 14.5. The van der Waals surface area contributed by atoms with E-state index in [4.69, 9.17) is 5.73 Å². The fourth-order valence-electron chi connectivity index (χ4n) is 2.78. The van der Waals surface area contributed by atoms with Crippen molar-refractivity contribution in [1.29, 1.82) is 0 Å². The molecule has 2 rings (SSSR count). The standard InChI is InChI=1S/C15H23N/c1-11(2)6-7-15(3)9-12-4-5-14(16)8-13(12)10-15/h4-5,8,11H,6-7,9-10,16H2,1-3H3. The van der Waals surface area contributed by atoms with Crippen molar-refractivity contribution in [2.75, 3.05) is 5.73 Å². The Morgan fingerprint density at radius 2 is 1.94 bits per heavy atom. The molecular weight excluding hydrogens is 194 g/mol. The molecule has 88 valence electrons. The normalized spacial score (nSPS) is 23.8. The van der Waals surface area contributed by atoms with E-state index < -0.39 is 0 Å². The minimum Gasteiger partial charge on any atom is -0.399 e. The Labute approximate surface area is 99.0 Å². The van der Waals surface area contributed by atoms with Gasteiger partial charge in [-0.2, -0.15) is 0 Å². The fraction of sp³-hybridized carbons (Fsp3) is 0.600. The van der Waals surface area contributed by atoms with Crippen molar-refractivity contribution in [2.24, 2.45) is 11.3 Å². The van der Waals surface area contributed by atoms with Gasteiger partial charge in [0.05, 0.1) is 0 Å². The maximum absolute atomic E-state index is 5.84. The second-order valence-corrected chi connectivity index (χ2v) is 6.12. The SMILES string of the molecule is CC(C)CCC1(C)Cc2ccc(N)cc2C1. The van der Waals surface area contributed by atoms with Crippen molar-refractivity contribution in [1.82, 2.24) is 0 Å². The number of nitrogens with two attached hydrogens (primary N) is 1. The van der Waals surface area contributed by atoms with Crippen LogP contribution in [-0.4, -0.2) is 0 Å². The average molecular weight is 217 g/mol. The Bertz CT molecular complexity index is 381. The Morgan fingerprint density at radius 1 is 1.25 bits per heavy atom. The third kappa shape index (κ3) is 2.40. The monoisotopic (exact) mass is 217 g/mol. The van der Waals surface area contributed by atoms with Crippen molar-refractivity contribution in [3.8, 4) is 0 Å². The van der Waals surface area contributed by atoms with Gasteiger partial charge in [-0.3, -0.25) is 0 Å². The van der Waals surface area contributed by atoms with Crippen LogP contribution in [0.3, 0.4) is 0 Å². The third-order valence-electron chi connectivity index (χ3n) is 3.79. The van der Waals surface area contributed by atoms with E-state index in [-0.39, 0.29) is 0 Å². The zero-order valence-electron chi connectivity index (χ0n) is 10.7. The molecule has 0 aromatic heterocycles. The number of anilines is 1. The summed E-state index contributed by atoms with van der Waals surface area (Å²) in [6, 6.07) is 6.41. The number of hydrogen-bond donors (Lipinski definition) is 1. The van der Waals surface area contributed by atoms with Gasteiger partial charge in [0.2, 0.25) is 0 Å². The second kappa shape index (κ2) is 4.12. The Kier molecular flexibility index (Phi) is 2.96. The first-order valence-corrected chi connectivity index (χ1v) is 6.36. The number of fused-ring (bicyclic) bond motifs is 1. The Balaban J connectivity index is 2.09. The lowest BCUT2D eigenvalue weighted by Gasteiger charge is -2.24. The lowest BCUT2D eigenvalue weighted by atomic mass is 9.81. The van der Waals surface area contributed by atoms with Crippen molar-refractivity contribution >= 4 is 5.69 Å². The van der Waals surface area contributed by atoms with Crippen LogP contribution in [0.15, 0.2) is 18.2 Å². The van der Waals surface area contributed by atoms with Gasteiger partial charge in [0.25, 0.3) is 0 Å². The van der Waals surface area contributed by atoms with Gasteiger partial charge in [0.1, 0.15) is 0 Å². The summed E-state index contributed by atoms with van der Waals surface area (Å²) in [5, 5.41) is 0. The summed E-state index contributed by atoms with van der Waals surface area (Å²) in [7, 11) is 0. The first kappa shape index (κ1) is 11.5. The summed E-state index contributed by atoms with van der Waals surface area (Å²) in [6.45, 7) is 7.04. The van der Waals surface area contributed by atoms with Gasteiger partial charge in [-0.05, 0) is 53.9 Å². The molecule has 2 N–H and O–H groups in total. The highest BCUT2D eigenvalue weighted by Gasteiger charge is 2.32. The molecule has 0 amide bonds. The lowest BCUT2D eigenvalue weighted by molar-refractivity contribution is 0.288. The molecule has 1 nitrogen and oxygen atoms in total. The van der Waals surface area contributed by atoms with Crippen LogP contribution in [-0.2, 0) is 12.8 Å². The van der Waals surface area contributed by atoms with Gasteiger partial charge >= 0.3 is 0 Å². The lowest BCUT2D eigenvalue weighted by Crippen LogP contribution is -2.17. The summed E-state index contributed by atoms with van der Waals surface area (Å²) >= 11 is 0. The van der Waals surface area contributed by atoms with Crippen LogP contribution in [0.5, 0.6) is 0 Å². The molecule has 1 aromatic carbocycles.